The molecule has 2 aromatic rings. The van der Waals surface area contributed by atoms with E-state index in [4.69, 9.17) is 0 Å². The number of pyridine rings is 1. The summed E-state index contributed by atoms with van der Waals surface area (Å²) in [5, 5.41) is 23.8. The molecule has 1 saturated carbocycles. The predicted octanol–water partition coefficient (Wildman–Crippen LogP) is 2.76. The number of carbonyl (C=O) groups is 2. The molecule has 0 radical (unpaired) electrons. The third kappa shape index (κ3) is 5.71. The first kappa shape index (κ1) is 26.1. The lowest BCUT2D eigenvalue weighted by atomic mass is 9.78. The van der Waals surface area contributed by atoms with Crippen LogP contribution in [0.4, 0.5) is 0 Å². The summed E-state index contributed by atoms with van der Waals surface area (Å²) >= 11 is 0. The van der Waals surface area contributed by atoms with Gasteiger partial charge in [-0.3, -0.25) is 14.4 Å². The summed E-state index contributed by atoms with van der Waals surface area (Å²) in [5.74, 6) is -0.322. The van der Waals surface area contributed by atoms with Gasteiger partial charge < -0.3 is 25.4 Å². The number of amides is 2. The van der Waals surface area contributed by atoms with Crippen molar-refractivity contribution < 1.29 is 19.8 Å². The highest BCUT2D eigenvalue weighted by atomic mass is 16.3. The maximum Gasteiger partial charge on any atom is 0.255 e. The smallest absolute Gasteiger partial charge is 0.255 e. The Morgan fingerprint density at radius 3 is 2.50 bits per heavy atom. The van der Waals surface area contributed by atoms with Gasteiger partial charge in [0.1, 0.15) is 0 Å². The molecule has 6 atom stereocenters. The van der Waals surface area contributed by atoms with E-state index in [0.29, 0.717) is 23.9 Å². The summed E-state index contributed by atoms with van der Waals surface area (Å²) in [4.78, 5) is 42.1. The van der Waals surface area contributed by atoms with Gasteiger partial charge in [-0.2, -0.15) is 0 Å². The average Bonchev–Trinajstić information content (AvgIpc) is 3.38. The van der Waals surface area contributed by atoms with Crippen LogP contribution in [-0.4, -0.2) is 56.7 Å². The van der Waals surface area contributed by atoms with Gasteiger partial charge in [-0.1, -0.05) is 44.0 Å². The van der Waals surface area contributed by atoms with E-state index in [1.807, 2.05) is 0 Å². The molecule has 2 amide bonds. The third-order valence-electron chi connectivity index (χ3n) is 7.82. The molecule has 2 fully saturated rings. The summed E-state index contributed by atoms with van der Waals surface area (Å²) in [5.41, 5.74) is 1.86. The largest absolute Gasteiger partial charge is 0.380 e. The second kappa shape index (κ2) is 11.4. The molecule has 8 nitrogen and oxygen atoms in total. The Hall–Kier alpha value is -2.97. The lowest BCUT2D eigenvalue weighted by Gasteiger charge is -2.37. The van der Waals surface area contributed by atoms with Crippen LogP contribution >= 0.6 is 0 Å². The molecule has 8 heteroatoms. The second-order valence-corrected chi connectivity index (χ2v) is 10.4. The Labute approximate surface area is 211 Å². The minimum Gasteiger partial charge on any atom is -0.380 e. The SMILES string of the molecule is CC1CCC[C@H]([C@H]2CCCN2C(=O)[C@H](O)[C@@H](O)C(=O)N[C@H](C)c2ccc(-c3ccc[nH]c3=O)cc2)C1. The fourth-order valence-electron chi connectivity index (χ4n) is 5.82. The molecule has 2 heterocycles. The second-order valence-electron chi connectivity index (χ2n) is 10.4. The van der Waals surface area contributed by atoms with Crippen LogP contribution in [0.5, 0.6) is 0 Å². The van der Waals surface area contributed by atoms with Crippen molar-refractivity contribution in [3.8, 4) is 11.1 Å². The van der Waals surface area contributed by atoms with Gasteiger partial charge >= 0.3 is 0 Å². The number of aliphatic hydroxyl groups excluding tert-OH is 2. The van der Waals surface area contributed by atoms with Crippen molar-refractivity contribution in [3.63, 3.8) is 0 Å². The average molecular weight is 496 g/mol. The Balaban J connectivity index is 1.36. The zero-order valence-corrected chi connectivity index (χ0v) is 21.0. The van der Waals surface area contributed by atoms with Gasteiger partial charge in [-0.25, -0.2) is 0 Å². The minimum atomic E-state index is -1.85. The molecule has 1 saturated heterocycles. The number of H-pyrrole nitrogens is 1. The monoisotopic (exact) mass is 495 g/mol. The van der Waals surface area contributed by atoms with Crippen molar-refractivity contribution in [2.45, 2.75) is 76.7 Å². The van der Waals surface area contributed by atoms with Crippen LogP contribution in [0.25, 0.3) is 11.1 Å². The highest BCUT2D eigenvalue weighted by Crippen LogP contribution is 2.37. The number of rotatable bonds is 7. The van der Waals surface area contributed by atoms with Crippen LogP contribution in [0.3, 0.4) is 0 Å². The van der Waals surface area contributed by atoms with Crippen molar-refractivity contribution in [2.24, 2.45) is 11.8 Å². The first-order valence-corrected chi connectivity index (χ1v) is 13.0. The van der Waals surface area contributed by atoms with E-state index in [-0.39, 0.29) is 11.6 Å². The normalized spacial score (nSPS) is 24.7. The molecule has 4 rings (SSSR count). The van der Waals surface area contributed by atoms with E-state index >= 15 is 0 Å². The molecule has 1 aliphatic heterocycles. The van der Waals surface area contributed by atoms with Crippen molar-refractivity contribution in [1.29, 1.82) is 0 Å². The Morgan fingerprint density at radius 2 is 1.81 bits per heavy atom. The van der Waals surface area contributed by atoms with Crippen molar-refractivity contribution >= 4 is 11.8 Å². The van der Waals surface area contributed by atoms with Gasteiger partial charge in [-0.05, 0) is 67.7 Å². The predicted molar refractivity (Wildman–Crippen MR) is 137 cm³/mol. The Kier molecular flexibility index (Phi) is 8.26. The summed E-state index contributed by atoms with van der Waals surface area (Å²) in [6, 6.07) is 10.2. The molecule has 1 aromatic heterocycles. The van der Waals surface area contributed by atoms with Gasteiger partial charge in [0.05, 0.1) is 6.04 Å². The molecule has 36 heavy (non-hydrogen) atoms. The maximum absolute atomic E-state index is 13.1. The number of hydrogen-bond acceptors (Lipinski definition) is 5. The summed E-state index contributed by atoms with van der Waals surface area (Å²) in [6.07, 6.45) is 4.21. The molecular formula is C28H37N3O5. The lowest BCUT2D eigenvalue weighted by Crippen LogP contribution is -2.53. The molecule has 1 aromatic carbocycles. The molecule has 1 aliphatic carbocycles. The highest BCUT2D eigenvalue weighted by molar-refractivity contribution is 5.91. The summed E-state index contributed by atoms with van der Waals surface area (Å²) in [6.45, 7) is 4.54. The van der Waals surface area contributed by atoms with Gasteiger partial charge in [0.25, 0.3) is 17.4 Å². The maximum atomic E-state index is 13.1. The Morgan fingerprint density at radius 1 is 1.06 bits per heavy atom. The van der Waals surface area contributed by atoms with E-state index in [2.05, 4.69) is 17.2 Å². The molecular weight excluding hydrogens is 458 g/mol. The first-order chi connectivity index (χ1) is 17.3. The number of benzene rings is 1. The number of nitrogens with zero attached hydrogens (tertiary/aromatic N) is 1. The number of aromatic amines is 1. The van der Waals surface area contributed by atoms with Crippen molar-refractivity contribution in [3.05, 3.63) is 58.5 Å². The van der Waals surface area contributed by atoms with E-state index in [1.54, 1.807) is 54.4 Å². The summed E-state index contributed by atoms with van der Waals surface area (Å²) < 4.78 is 0. The Bertz CT molecular complexity index is 1110. The topological polar surface area (TPSA) is 123 Å². The molecule has 1 unspecified atom stereocenters. The minimum absolute atomic E-state index is 0.0689. The zero-order chi connectivity index (χ0) is 25.8. The van der Waals surface area contributed by atoms with Gasteiger partial charge in [0, 0.05) is 24.3 Å². The van der Waals surface area contributed by atoms with Crippen LogP contribution < -0.4 is 10.9 Å². The van der Waals surface area contributed by atoms with E-state index < -0.39 is 30.1 Å². The van der Waals surface area contributed by atoms with E-state index in [1.165, 1.54) is 6.42 Å². The third-order valence-corrected chi connectivity index (χ3v) is 7.82. The van der Waals surface area contributed by atoms with Gasteiger partial charge in [0.15, 0.2) is 12.2 Å². The molecule has 0 bridgehead atoms. The van der Waals surface area contributed by atoms with Crippen LogP contribution in [0.1, 0.15) is 64.0 Å². The fourth-order valence-corrected chi connectivity index (χ4v) is 5.82. The van der Waals surface area contributed by atoms with Gasteiger partial charge in [0.2, 0.25) is 0 Å². The number of hydrogen-bond donors (Lipinski definition) is 4. The fraction of sp³-hybridized carbons (Fsp3) is 0.536. The molecule has 0 spiro atoms. The summed E-state index contributed by atoms with van der Waals surface area (Å²) in [7, 11) is 0. The van der Waals surface area contributed by atoms with Gasteiger partial charge in [-0.15, -0.1) is 0 Å². The number of nitrogens with one attached hydrogen (secondary N) is 2. The zero-order valence-electron chi connectivity index (χ0n) is 21.0. The standard InChI is InChI=1S/C28H37N3O5/c1-17-6-3-7-21(16-17)23-9-5-15-31(23)28(36)25(33)24(32)27(35)30-18(2)19-10-12-20(13-11-19)22-8-4-14-29-26(22)34/h4,8,10-14,17-18,21,23-25,32-33H,3,5-7,9,15-16H2,1-2H3,(H,29,34)(H,30,35)/t17?,18-,21+,23-,24-,25-/m1/s1. The number of carbonyl (C=O) groups excluding carboxylic acids is 2. The number of aliphatic hydroxyl groups is 2. The van der Waals surface area contributed by atoms with Crippen molar-refractivity contribution in [1.82, 2.24) is 15.2 Å². The molecule has 194 valence electrons. The molecule has 2 aliphatic rings. The molecule has 4 N–H and O–H groups in total. The van der Waals surface area contributed by atoms with Crippen LogP contribution in [0.15, 0.2) is 47.4 Å². The van der Waals surface area contributed by atoms with Crippen LogP contribution in [0.2, 0.25) is 0 Å². The first-order valence-electron chi connectivity index (χ1n) is 13.0. The number of aromatic nitrogens is 1. The van der Waals surface area contributed by atoms with Crippen LogP contribution in [-0.2, 0) is 9.59 Å². The van der Waals surface area contributed by atoms with Crippen molar-refractivity contribution in [2.75, 3.05) is 6.54 Å². The quantitative estimate of drug-likeness (QED) is 0.470. The van der Waals surface area contributed by atoms with Crippen LogP contribution in [0, 0.1) is 11.8 Å². The lowest BCUT2D eigenvalue weighted by molar-refractivity contribution is -0.154. The number of likely N-dealkylation sites (tertiary alicyclic amines) is 1. The van der Waals surface area contributed by atoms with E-state index in [9.17, 15) is 24.6 Å². The van der Waals surface area contributed by atoms with E-state index in [0.717, 1.165) is 43.2 Å². The highest BCUT2D eigenvalue weighted by Gasteiger charge is 2.41.